The Morgan fingerprint density at radius 1 is 0.684 bits per heavy atom. The van der Waals surface area contributed by atoms with Gasteiger partial charge in [-0.25, -0.2) is 0 Å². The quantitative estimate of drug-likeness (QED) is 0.509. The van der Waals surface area contributed by atoms with Crippen LogP contribution in [0.5, 0.6) is 0 Å². The van der Waals surface area contributed by atoms with Gasteiger partial charge in [0, 0.05) is 0 Å². The summed E-state index contributed by atoms with van der Waals surface area (Å²) in [6.45, 7) is 0. The van der Waals surface area contributed by atoms with Crippen molar-refractivity contribution in [3.63, 3.8) is 0 Å². The third kappa shape index (κ3) is 4.39. The van der Waals surface area contributed by atoms with Gasteiger partial charge in [-0.05, 0) is 0 Å². The zero-order valence-electron chi connectivity index (χ0n) is 10.7. The standard InChI is InChI=1S/2C8H7O.Hg/c2*1-7(9)8-5-3-2-4-6-8;/h2*2-6H,1H2;. The van der Waals surface area contributed by atoms with Gasteiger partial charge < -0.3 is 0 Å². The molecule has 92 valence electrons. The molecule has 2 aromatic rings. The normalized spacial score (nSPS) is 9.68. The van der Waals surface area contributed by atoms with Crippen LogP contribution >= 0.6 is 0 Å². The Morgan fingerprint density at radius 2 is 1.05 bits per heavy atom. The minimum absolute atomic E-state index is 0.197. The van der Waals surface area contributed by atoms with Gasteiger partial charge in [0.25, 0.3) is 0 Å². The van der Waals surface area contributed by atoms with Crippen LogP contribution in [0.4, 0.5) is 0 Å². The molecule has 0 saturated carbocycles. The molecule has 0 aromatic heterocycles. The van der Waals surface area contributed by atoms with Crippen molar-refractivity contribution in [1.82, 2.24) is 0 Å². The number of carbonyl (C=O) groups excluding carboxylic acids is 2. The molecule has 0 aliphatic carbocycles. The fraction of sp³-hybridized carbons (Fsp3) is 0.125. The molecule has 0 heterocycles. The summed E-state index contributed by atoms with van der Waals surface area (Å²) in [5.74, 6) is 0.395. The Morgan fingerprint density at radius 3 is 1.42 bits per heavy atom. The molecule has 3 heteroatoms. The van der Waals surface area contributed by atoms with E-state index in [2.05, 4.69) is 0 Å². The molecule has 0 aliphatic rings. The van der Waals surface area contributed by atoms with E-state index >= 15 is 0 Å². The van der Waals surface area contributed by atoms with Gasteiger partial charge in [0.05, 0.1) is 0 Å². The second-order valence-corrected chi connectivity index (χ2v) is 11.1. The van der Waals surface area contributed by atoms with Gasteiger partial charge in [-0.2, -0.15) is 0 Å². The van der Waals surface area contributed by atoms with E-state index in [-0.39, 0.29) is 11.6 Å². The molecule has 0 unspecified atom stereocenters. The van der Waals surface area contributed by atoms with Crippen molar-refractivity contribution >= 4 is 11.6 Å². The summed E-state index contributed by atoms with van der Waals surface area (Å²) >= 11 is -1.43. The molecule has 0 radical (unpaired) electrons. The third-order valence-electron chi connectivity index (χ3n) is 3.00. The molecule has 2 aromatic carbocycles. The Labute approximate surface area is 125 Å². The van der Waals surface area contributed by atoms with Gasteiger partial charge in [0.2, 0.25) is 0 Å². The van der Waals surface area contributed by atoms with Crippen LogP contribution in [0.3, 0.4) is 0 Å². The molecule has 0 amide bonds. The first kappa shape index (κ1) is 14.1. The number of ketones is 2. The van der Waals surface area contributed by atoms with Gasteiger partial charge in [0.15, 0.2) is 0 Å². The number of rotatable bonds is 6. The Kier molecular flexibility index (Phi) is 5.46. The van der Waals surface area contributed by atoms with Crippen LogP contribution in [0.15, 0.2) is 60.7 Å². The van der Waals surface area contributed by atoms with E-state index in [1.54, 1.807) is 0 Å². The van der Waals surface area contributed by atoms with Gasteiger partial charge in [-0.3, -0.25) is 0 Å². The monoisotopic (exact) mass is 440 g/mol. The van der Waals surface area contributed by atoms with Crippen molar-refractivity contribution < 1.29 is 34.2 Å². The van der Waals surface area contributed by atoms with E-state index in [1.807, 2.05) is 60.7 Å². The fourth-order valence-electron chi connectivity index (χ4n) is 1.95. The zero-order valence-corrected chi connectivity index (χ0v) is 16.2. The molecule has 0 atom stereocenters. The zero-order chi connectivity index (χ0) is 13.5. The molecule has 0 saturated heterocycles. The number of benzene rings is 2. The molecule has 0 N–H and O–H groups in total. The second-order valence-electron chi connectivity index (χ2n) is 4.43. The molecular formula is C16H14HgO2. The van der Waals surface area contributed by atoms with Gasteiger partial charge in [-0.15, -0.1) is 0 Å². The summed E-state index contributed by atoms with van der Waals surface area (Å²) < 4.78 is 1.28. The molecule has 2 nitrogen and oxygen atoms in total. The van der Waals surface area contributed by atoms with Crippen LogP contribution in [0.1, 0.15) is 20.7 Å². The molecule has 0 bridgehead atoms. The van der Waals surface area contributed by atoms with Crippen LogP contribution in [0.2, 0.25) is 7.86 Å². The van der Waals surface area contributed by atoms with Crippen molar-refractivity contribution in [2.24, 2.45) is 0 Å². The number of carbonyl (C=O) groups is 2. The molecule has 19 heavy (non-hydrogen) atoms. The molecular weight excluding hydrogens is 425 g/mol. The SMILES string of the molecule is O=C([CH2][Hg][CH2]C(=O)c1ccccc1)c1ccccc1. The van der Waals surface area contributed by atoms with Crippen LogP contribution in [0.25, 0.3) is 0 Å². The summed E-state index contributed by atoms with van der Waals surface area (Å²) in [4.78, 5) is 23.8. The van der Waals surface area contributed by atoms with Crippen molar-refractivity contribution in [1.29, 1.82) is 0 Å². The van der Waals surface area contributed by atoms with E-state index in [9.17, 15) is 9.59 Å². The van der Waals surface area contributed by atoms with E-state index in [0.29, 0.717) is 7.86 Å². The minimum atomic E-state index is -1.43. The topological polar surface area (TPSA) is 34.1 Å². The Bertz CT molecular complexity index is 498. The first-order valence-electron chi connectivity index (χ1n) is 6.44. The first-order chi connectivity index (χ1) is 9.27. The maximum absolute atomic E-state index is 11.9. The van der Waals surface area contributed by atoms with Crippen LogP contribution < -0.4 is 0 Å². The van der Waals surface area contributed by atoms with Crippen LogP contribution in [-0.4, -0.2) is 11.6 Å². The molecule has 0 aliphatic heterocycles. The summed E-state index contributed by atoms with van der Waals surface area (Å²) in [5, 5.41) is 0. The summed E-state index contributed by atoms with van der Waals surface area (Å²) in [6, 6.07) is 18.7. The van der Waals surface area contributed by atoms with Crippen molar-refractivity contribution in [2.75, 3.05) is 0 Å². The van der Waals surface area contributed by atoms with Gasteiger partial charge >= 0.3 is 125 Å². The molecule has 0 spiro atoms. The van der Waals surface area contributed by atoms with Crippen molar-refractivity contribution in [3.05, 3.63) is 71.8 Å². The predicted molar refractivity (Wildman–Crippen MR) is 71.2 cm³/mol. The van der Waals surface area contributed by atoms with Crippen molar-refractivity contribution in [2.45, 2.75) is 7.86 Å². The fourth-order valence-corrected chi connectivity index (χ4v) is 7.37. The first-order valence-corrected chi connectivity index (χ1v) is 14.2. The van der Waals surface area contributed by atoms with Crippen LogP contribution in [-0.2, 0) is 24.6 Å². The Balaban J connectivity index is 1.81. The molecule has 2 rings (SSSR count). The predicted octanol–water partition coefficient (Wildman–Crippen LogP) is 3.67. The van der Waals surface area contributed by atoms with E-state index in [0.717, 1.165) is 11.1 Å². The molecule has 0 fully saturated rings. The average Bonchev–Trinajstić information content (AvgIpc) is 2.49. The summed E-state index contributed by atoms with van der Waals surface area (Å²) in [6.07, 6.45) is 0. The van der Waals surface area contributed by atoms with Gasteiger partial charge in [0.1, 0.15) is 0 Å². The van der Waals surface area contributed by atoms with Crippen LogP contribution in [0, 0.1) is 0 Å². The van der Waals surface area contributed by atoms with E-state index < -0.39 is 24.6 Å². The van der Waals surface area contributed by atoms with Gasteiger partial charge in [-0.1, -0.05) is 0 Å². The summed E-state index contributed by atoms with van der Waals surface area (Å²) in [7, 11) is 0. The number of Topliss-reactive ketones (excluding diaryl/α,β-unsaturated/α-hetero) is 2. The number of hydrogen-bond donors (Lipinski definition) is 0. The summed E-state index contributed by atoms with van der Waals surface area (Å²) in [5.41, 5.74) is 1.55. The number of hydrogen-bond acceptors (Lipinski definition) is 2. The Hall–Kier alpha value is -1.28. The maximum atomic E-state index is 11.9. The van der Waals surface area contributed by atoms with E-state index in [1.165, 1.54) is 0 Å². The van der Waals surface area contributed by atoms with E-state index in [4.69, 9.17) is 0 Å². The van der Waals surface area contributed by atoms with Crippen molar-refractivity contribution in [3.8, 4) is 0 Å². The second kappa shape index (κ2) is 7.34. The third-order valence-corrected chi connectivity index (χ3v) is 9.28. The average molecular weight is 439 g/mol.